The van der Waals surface area contributed by atoms with Crippen LogP contribution in [0.25, 0.3) is 0 Å². The van der Waals surface area contributed by atoms with Gasteiger partial charge in [0.2, 0.25) is 0 Å². The van der Waals surface area contributed by atoms with Crippen molar-refractivity contribution in [2.75, 3.05) is 32.8 Å². The van der Waals surface area contributed by atoms with Crippen molar-refractivity contribution in [2.24, 2.45) is 0 Å². The maximum atomic E-state index is 9.70. The maximum absolute atomic E-state index is 9.70. The fourth-order valence-electron chi connectivity index (χ4n) is 2.28. The summed E-state index contributed by atoms with van der Waals surface area (Å²) < 4.78 is 1.08. The molecule has 2 N–H and O–H groups in total. The quantitative estimate of drug-likeness (QED) is 0.724. The number of hydrogen-bond acceptors (Lipinski definition) is 3. The van der Waals surface area contributed by atoms with Crippen LogP contribution in [0.1, 0.15) is 26.3 Å². The Labute approximate surface area is 131 Å². The van der Waals surface area contributed by atoms with E-state index in [9.17, 15) is 5.11 Å². The van der Waals surface area contributed by atoms with Crippen LogP contribution in [0.5, 0.6) is 0 Å². The topological polar surface area (TPSA) is 35.5 Å². The Kier molecular flexibility index (Phi) is 7.74. The summed E-state index contributed by atoms with van der Waals surface area (Å²) in [7, 11) is 0. The summed E-state index contributed by atoms with van der Waals surface area (Å²) in [5.74, 6) is 0. The molecule has 1 atom stereocenters. The largest absolute Gasteiger partial charge is 0.394 e. The van der Waals surface area contributed by atoms with Gasteiger partial charge in [-0.1, -0.05) is 41.9 Å². The summed E-state index contributed by atoms with van der Waals surface area (Å²) >= 11 is 3.45. The van der Waals surface area contributed by atoms with Crippen LogP contribution in [0, 0.1) is 0 Å². The maximum Gasteiger partial charge on any atom is 0.0613 e. The summed E-state index contributed by atoms with van der Waals surface area (Å²) in [6.45, 7) is 10.6. The van der Waals surface area contributed by atoms with E-state index in [4.69, 9.17) is 0 Å². The molecule has 1 unspecified atom stereocenters. The second-order valence-electron chi connectivity index (χ2n) is 5.48. The van der Waals surface area contributed by atoms with Gasteiger partial charge in [-0.2, -0.15) is 0 Å². The fraction of sp³-hybridized carbons (Fsp3) is 0.625. The molecule has 0 fully saturated rings. The lowest BCUT2D eigenvalue weighted by Crippen LogP contribution is -2.50. The highest BCUT2D eigenvalue weighted by Gasteiger charge is 2.23. The number of halogens is 1. The minimum Gasteiger partial charge on any atom is -0.394 e. The Morgan fingerprint density at radius 3 is 2.30 bits per heavy atom. The Morgan fingerprint density at radius 2 is 1.80 bits per heavy atom. The Hall–Kier alpha value is -0.420. The molecule has 20 heavy (non-hydrogen) atoms. The van der Waals surface area contributed by atoms with E-state index in [1.54, 1.807) is 0 Å². The second kappa shape index (κ2) is 8.78. The molecule has 0 bridgehead atoms. The van der Waals surface area contributed by atoms with Crippen LogP contribution < -0.4 is 5.32 Å². The lowest BCUT2D eigenvalue weighted by molar-refractivity contribution is 0.167. The van der Waals surface area contributed by atoms with Gasteiger partial charge in [-0.05, 0) is 44.1 Å². The SMILES string of the molecule is CCN(CC)CCNC(C)(CO)Cc1ccc(Br)cc1. The first kappa shape index (κ1) is 17.6. The van der Waals surface area contributed by atoms with Gasteiger partial charge in [0.15, 0.2) is 0 Å². The standard InChI is InChI=1S/C16H27BrN2O/c1-4-19(5-2)11-10-18-16(3,13-20)12-14-6-8-15(17)9-7-14/h6-9,18,20H,4-5,10-13H2,1-3H3. The van der Waals surface area contributed by atoms with E-state index in [2.05, 4.69) is 59.1 Å². The highest BCUT2D eigenvalue weighted by atomic mass is 79.9. The summed E-state index contributed by atoms with van der Waals surface area (Å²) in [4.78, 5) is 2.38. The zero-order valence-electron chi connectivity index (χ0n) is 12.8. The molecule has 0 aliphatic rings. The molecule has 0 aliphatic heterocycles. The van der Waals surface area contributed by atoms with Crippen LogP contribution in [-0.2, 0) is 6.42 Å². The van der Waals surface area contributed by atoms with E-state index in [0.717, 1.165) is 37.1 Å². The predicted molar refractivity (Wildman–Crippen MR) is 89.1 cm³/mol. The summed E-state index contributed by atoms with van der Waals surface area (Å²) in [5.41, 5.74) is 0.973. The number of benzene rings is 1. The molecule has 3 nitrogen and oxygen atoms in total. The van der Waals surface area contributed by atoms with Crippen molar-refractivity contribution < 1.29 is 5.11 Å². The molecular weight excluding hydrogens is 316 g/mol. The third kappa shape index (κ3) is 5.92. The number of aliphatic hydroxyl groups excluding tert-OH is 1. The Bertz CT molecular complexity index is 379. The van der Waals surface area contributed by atoms with Gasteiger partial charge in [0.1, 0.15) is 0 Å². The molecule has 0 heterocycles. The first-order valence-corrected chi connectivity index (χ1v) is 8.15. The van der Waals surface area contributed by atoms with Gasteiger partial charge < -0.3 is 15.3 Å². The van der Waals surface area contributed by atoms with Gasteiger partial charge in [-0.15, -0.1) is 0 Å². The van der Waals surface area contributed by atoms with Gasteiger partial charge in [-0.25, -0.2) is 0 Å². The first-order chi connectivity index (χ1) is 9.53. The van der Waals surface area contributed by atoms with Gasteiger partial charge in [0.05, 0.1) is 6.61 Å². The molecule has 0 aromatic heterocycles. The average molecular weight is 343 g/mol. The molecule has 0 radical (unpaired) electrons. The molecule has 0 amide bonds. The molecule has 4 heteroatoms. The van der Waals surface area contributed by atoms with Crippen molar-refractivity contribution >= 4 is 15.9 Å². The highest BCUT2D eigenvalue weighted by molar-refractivity contribution is 9.10. The fourth-order valence-corrected chi connectivity index (χ4v) is 2.55. The number of nitrogens with one attached hydrogen (secondary N) is 1. The molecule has 1 aromatic carbocycles. The van der Waals surface area contributed by atoms with Crippen LogP contribution in [-0.4, -0.2) is 48.3 Å². The predicted octanol–water partition coefficient (Wildman–Crippen LogP) is 2.67. The first-order valence-electron chi connectivity index (χ1n) is 7.35. The van der Waals surface area contributed by atoms with Crippen molar-refractivity contribution in [3.8, 4) is 0 Å². The van der Waals surface area contributed by atoms with Crippen molar-refractivity contribution in [3.05, 3.63) is 34.3 Å². The minimum atomic E-state index is -0.263. The molecule has 114 valence electrons. The van der Waals surface area contributed by atoms with Crippen molar-refractivity contribution in [1.29, 1.82) is 0 Å². The van der Waals surface area contributed by atoms with Crippen LogP contribution in [0.4, 0.5) is 0 Å². The normalized spacial score (nSPS) is 14.5. The van der Waals surface area contributed by atoms with Gasteiger partial charge >= 0.3 is 0 Å². The van der Waals surface area contributed by atoms with Crippen molar-refractivity contribution in [3.63, 3.8) is 0 Å². The molecular formula is C16H27BrN2O. The zero-order valence-corrected chi connectivity index (χ0v) is 14.4. The molecule has 1 aromatic rings. The number of hydrogen-bond donors (Lipinski definition) is 2. The molecule has 1 rings (SSSR count). The Morgan fingerprint density at radius 1 is 1.20 bits per heavy atom. The van der Waals surface area contributed by atoms with Crippen LogP contribution in [0.15, 0.2) is 28.7 Å². The van der Waals surface area contributed by atoms with Crippen LogP contribution in [0.3, 0.4) is 0 Å². The Balaban J connectivity index is 2.51. The number of aliphatic hydroxyl groups is 1. The molecule has 0 spiro atoms. The zero-order chi connectivity index (χ0) is 15.0. The monoisotopic (exact) mass is 342 g/mol. The average Bonchev–Trinajstić information content (AvgIpc) is 2.46. The molecule has 0 saturated heterocycles. The van der Waals surface area contributed by atoms with E-state index in [1.807, 2.05) is 12.1 Å². The van der Waals surface area contributed by atoms with Gasteiger partial charge in [0, 0.05) is 23.1 Å². The smallest absolute Gasteiger partial charge is 0.0613 e. The number of nitrogens with zero attached hydrogens (tertiary/aromatic N) is 1. The second-order valence-corrected chi connectivity index (χ2v) is 6.39. The van der Waals surface area contributed by atoms with E-state index >= 15 is 0 Å². The lowest BCUT2D eigenvalue weighted by atomic mass is 9.93. The van der Waals surface area contributed by atoms with Gasteiger partial charge in [0.25, 0.3) is 0 Å². The number of likely N-dealkylation sites (N-methyl/N-ethyl adjacent to an activating group) is 1. The number of rotatable bonds is 9. The van der Waals surface area contributed by atoms with E-state index in [-0.39, 0.29) is 12.1 Å². The van der Waals surface area contributed by atoms with Crippen LogP contribution >= 0.6 is 15.9 Å². The third-order valence-electron chi connectivity index (χ3n) is 3.73. The summed E-state index contributed by atoms with van der Waals surface area (Å²) in [5, 5.41) is 13.2. The summed E-state index contributed by atoms with van der Waals surface area (Å²) in [6, 6.07) is 8.29. The minimum absolute atomic E-state index is 0.140. The highest BCUT2D eigenvalue weighted by Crippen LogP contribution is 2.16. The lowest BCUT2D eigenvalue weighted by Gasteiger charge is -2.30. The third-order valence-corrected chi connectivity index (χ3v) is 4.26. The van der Waals surface area contributed by atoms with Crippen molar-refractivity contribution in [1.82, 2.24) is 10.2 Å². The summed E-state index contributed by atoms with van der Waals surface area (Å²) in [6.07, 6.45) is 0.828. The van der Waals surface area contributed by atoms with E-state index < -0.39 is 0 Å². The van der Waals surface area contributed by atoms with E-state index in [1.165, 1.54) is 5.56 Å². The van der Waals surface area contributed by atoms with Crippen molar-refractivity contribution in [2.45, 2.75) is 32.7 Å². The van der Waals surface area contributed by atoms with E-state index in [0.29, 0.717) is 0 Å². The van der Waals surface area contributed by atoms with Crippen LogP contribution in [0.2, 0.25) is 0 Å². The van der Waals surface area contributed by atoms with Gasteiger partial charge in [-0.3, -0.25) is 0 Å². The molecule has 0 aliphatic carbocycles. The molecule has 0 saturated carbocycles.